The number of para-hydroxylation sites is 1. The Labute approximate surface area is 110 Å². The molecule has 4 nitrogen and oxygen atoms in total. The van der Waals surface area contributed by atoms with Crippen LogP contribution in [0.25, 0.3) is 5.69 Å². The highest BCUT2D eigenvalue weighted by atomic mass is 35.5. The fraction of sp³-hybridized carbons (Fsp3) is 0.231. The number of ether oxygens (including phenoxy) is 1. The largest absolute Gasteiger partial charge is 0.378 e. The number of aryl methyl sites for hydroxylation is 1. The van der Waals surface area contributed by atoms with Crippen LogP contribution in [0.4, 0.5) is 0 Å². The second-order valence-corrected chi connectivity index (χ2v) is 4.21. The Morgan fingerprint density at radius 1 is 1.44 bits per heavy atom. The van der Waals surface area contributed by atoms with Gasteiger partial charge in [0.2, 0.25) is 0 Å². The van der Waals surface area contributed by atoms with Gasteiger partial charge in [-0.05, 0) is 18.6 Å². The van der Waals surface area contributed by atoms with Gasteiger partial charge in [0.15, 0.2) is 5.15 Å². The number of nitrogens with zero attached hydrogens (tertiary/aromatic N) is 3. The van der Waals surface area contributed by atoms with Crippen LogP contribution in [0.15, 0.2) is 24.3 Å². The lowest BCUT2D eigenvalue weighted by molar-refractivity contribution is 0.181. The van der Waals surface area contributed by atoms with Gasteiger partial charge in [-0.25, -0.2) is 4.68 Å². The molecule has 0 saturated carbocycles. The van der Waals surface area contributed by atoms with E-state index in [0.29, 0.717) is 16.4 Å². The maximum atomic E-state index is 9.11. The minimum atomic E-state index is 0.265. The van der Waals surface area contributed by atoms with Gasteiger partial charge >= 0.3 is 0 Å². The molecule has 1 heterocycles. The molecule has 18 heavy (non-hydrogen) atoms. The summed E-state index contributed by atoms with van der Waals surface area (Å²) in [6.45, 7) is 2.23. The summed E-state index contributed by atoms with van der Waals surface area (Å²) in [5, 5.41) is 13.8. The number of benzene rings is 1. The zero-order valence-electron chi connectivity index (χ0n) is 10.1. The molecule has 0 spiro atoms. The quantitative estimate of drug-likeness (QED) is 0.854. The van der Waals surface area contributed by atoms with Gasteiger partial charge in [0, 0.05) is 7.11 Å². The monoisotopic (exact) mass is 261 g/mol. The van der Waals surface area contributed by atoms with E-state index in [-0.39, 0.29) is 6.61 Å². The third-order valence-corrected chi connectivity index (χ3v) is 2.99. The number of methoxy groups -OCH3 is 1. The summed E-state index contributed by atoms with van der Waals surface area (Å²) in [5.74, 6) is 0. The molecule has 0 aliphatic rings. The molecular formula is C13H12ClN3O. The molecular weight excluding hydrogens is 250 g/mol. The zero-order chi connectivity index (χ0) is 13.1. The lowest BCUT2D eigenvalue weighted by Gasteiger charge is -2.06. The van der Waals surface area contributed by atoms with Crippen LogP contribution >= 0.6 is 11.6 Å². The first-order chi connectivity index (χ1) is 8.69. The molecule has 0 radical (unpaired) electrons. The first-order valence-electron chi connectivity index (χ1n) is 5.41. The number of hydrogen-bond donors (Lipinski definition) is 0. The van der Waals surface area contributed by atoms with Crippen molar-refractivity contribution in [3.63, 3.8) is 0 Å². The highest BCUT2D eigenvalue weighted by Gasteiger charge is 2.17. The molecule has 0 N–H and O–H groups in total. The van der Waals surface area contributed by atoms with E-state index >= 15 is 0 Å². The molecule has 0 aliphatic heterocycles. The van der Waals surface area contributed by atoms with Gasteiger partial charge in [-0.1, -0.05) is 29.8 Å². The lowest BCUT2D eigenvalue weighted by atomic mass is 10.2. The van der Waals surface area contributed by atoms with Crippen LogP contribution in [-0.4, -0.2) is 16.9 Å². The Morgan fingerprint density at radius 2 is 2.17 bits per heavy atom. The second-order valence-electron chi connectivity index (χ2n) is 3.86. The van der Waals surface area contributed by atoms with E-state index in [1.54, 1.807) is 11.8 Å². The van der Waals surface area contributed by atoms with E-state index in [9.17, 15) is 0 Å². The van der Waals surface area contributed by atoms with Crippen molar-refractivity contribution >= 4 is 11.6 Å². The van der Waals surface area contributed by atoms with Crippen molar-refractivity contribution < 1.29 is 4.74 Å². The minimum absolute atomic E-state index is 0.265. The number of nitriles is 1. The molecule has 0 atom stereocenters. The Balaban J connectivity index is 2.60. The standard InChI is InChI=1S/C13H12ClN3O/c1-9-5-3-4-6-12(9)17-13(14)10(7-15)11(16-17)8-18-2/h3-6H,8H2,1-2H3. The maximum absolute atomic E-state index is 9.11. The van der Waals surface area contributed by atoms with Crippen molar-refractivity contribution in [2.75, 3.05) is 7.11 Å². The van der Waals surface area contributed by atoms with Crippen molar-refractivity contribution in [2.24, 2.45) is 0 Å². The third-order valence-electron chi connectivity index (χ3n) is 2.64. The highest BCUT2D eigenvalue weighted by molar-refractivity contribution is 6.31. The summed E-state index contributed by atoms with van der Waals surface area (Å²) in [4.78, 5) is 0. The summed E-state index contributed by atoms with van der Waals surface area (Å²) < 4.78 is 6.59. The van der Waals surface area contributed by atoms with Crippen LogP contribution in [0.1, 0.15) is 16.8 Å². The zero-order valence-corrected chi connectivity index (χ0v) is 10.9. The predicted molar refractivity (Wildman–Crippen MR) is 68.7 cm³/mol. The summed E-state index contributed by atoms with van der Waals surface area (Å²) in [7, 11) is 1.56. The van der Waals surface area contributed by atoms with Gasteiger partial charge in [-0.3, -0.25) is 0 Å². The fourth-order valence-electron chi connectivity index (χ4n) is 1.75. The molecule has 92 valence electrons. The SMILES string of the molecule is COCc1nn(-c2ccccc2C)c(Cl)c1C#N. The van der Waals surface area contributed by atoms with Crippen LogP contribution < -0.4 is 0 Å². The molecule has 5 heteroatoms. The van der Waals surface area contributed by atoms with Gasteiger partial charge in [0.25, 0.3) is 0 Å². The van der Waals surface area contributed by atoms with E-state index in [2.05, 4.69) is 11.2 Å². The molecule has 0 aliphatic carbocycles. The molecule has 0 unspecified atom stereocenters. The van der Waals surface area contributed by atoms with Gasteiger partial charge < -0.3 is 4.74 Å². The normalized spacial score (nSPS) is 10.3. The molecule has 2 rings (SSSR count). The van der Waals surface area contributed by atoms with Crippen LogP contribution in [0, 0.1) is 18.3 Å². The fourth-order valence-corrected chi connectivity index (χ4v) is 2.03. The van der Waals surface area contributed by atoms with Crippen molar-refractivity contribution in [3.05, 3.63) is 46.2 Å². The molecule has 0 bridgehead atoms. The highest BCUT2D eigenvalue weighted by Crippen LogP contribution is 2.25. The first-order valence-corrected chi connectivity index (χ1v) is 5.79. The summed E-state index contributed by atoms with van der Waals surface area (Å²) in [6.07, 6.45) is 0. The maximum Gasteiger partial charge on any atom is 0.151 e. The number of halogens is 1. The Morgan fingerprint density at radius 3 is 2.78 bits per heavy atom. The Bertz CT molecular complexity index is 613. The van der Waals surface area contributed by atoms with Crippen molar-refractivity contribution in [1.82, 2.24) is 9.78 Å². The van der Waals surface area contributed by atoms with Gasteiger partial charge in [-0.2, -0.15) is 10.4 Å². The Kier molecular flexibility index (Phi) is 3.66. The van der Waals surface area contributed by atoms with E-state index in [4.69, 9.17) is 21.6 Å². The van der Waals surface area contributed by atoms with Crippen LogP contribution in [0.2, 0.25) is 5.15 Å². The second kappa shape index (κ2) is 5.21. The topological polar surface area (TPSA) is 50.8 Å². The van der Waals surface area contributed by atoms with E-state index < -0.39 is 0 Å². The average Bonchev–Trinajstić information content (AvgIpc) is 2.67. The summed E-state index contributed by atoms with van der Waals surface area (Å²) in [5.41, 5.74) is 2.81. The number of rotatable bonds is 3. The molecule has 1 aromatic carbocycles. The number of hydrogen-bond acceptors (Lipinski definition) is 3. The van der Waals surface area contributed by atoms with Gasteiger partial charge in [0.1, 0.15) is 17.3 Å². The van der Waals surface area contributed by atoms with Crippen LogP contribution in [0.3, 0.4) is 0 Å². The molecule has 1 aromatic heterocycles. The molecule has 0 amide bonds. The van der Waals surface area contributed by atoms with Crippen molar-refractivity contribution in [2.45, 2.75) is 13.5 Å². The number of aromatic nitrogens is 2. The summed E-state index contributed by atoms with van der Waals surface area (Å²) >= 11 is 6.19. The summed E-state index contributed by atoms with van der Waals surface area (Å²) in [6, 6.07) is 9.79. The third kappa shape index (κ3) is 2.10. The van der Waals surface area contributed by atoms with E-state index in [0.717, 1.165) is 11.3 Å². The molecule has 2 aromatic rings. The van der Waals surface area contributed by atoms with E-state index in [1.165, 1.54) is 0 Å². The predicted octanol–water partition coefficient (Wildman–Crippen LogP) is 2.85. The average molecular weight is 262 g/mol. The Hall–Kier alpha value is -1.83. The van der Waals surface area contributed by atoms with Crippen molar-refractivity contribution in [3.8, 4) is 11.8 Å². The molecule has 0 saturated heterocycles. The van der Waals surface area contributed by atoms with Crippen LogP contribution in [-0.2, 0) is 11.3 Å². The van der Waals surface area contributed by atoms with Crippen molar-refractivity contribution in [1.29, 1.82) is 5.26 Å². The molecule has 0 fully saturated rings. The van der Waals surface area contributed by atoms with Gasteiger partial charge in [-0.15, -0.1) is 0 Å². The lowest BCUT2D eigenvalue weighted by Crippen LogP contribution is -2.00. The van der Waals surface area contributed by atoms with Crippen LogP contribution in [0.5, 0.6) is 0 Å². The van der Waals surface area contributed by atoms with Gasteiger partial charge in [0.05, 0.1) is 12.3 Å². The first kappa shape index (κ1) is 12.6. The van der Waals surface area contributed by atoms with E-state index in [1.807, 2.05) is 31.2 Å². The minimum Gasteiger partial charge on any atom is -0.378 e. The smallest absolute Gasteiger partial charge is 0.151 e.